The van der Waals surface area contributed by atoms with Gasteiger partial charge in [-0.25, -0.2) is 9.97 Å². The molecule has 10 aromatic carbocycles. The van der Waals surface area contributed by atoms with Crippen molar-refractivity contribution in [1.82, 2.24) is 9.97 Å². The van der Waals surface area contributed by atoms with Gasteiger partial charge in [0.25, 0.3) is 0 Å². The first kappa shape index (κ1) is 38.2. The van der Waals surface area contributed by atoms with Crippen molar-refractivity contribution >= 4 is 10.8 Å². The van der Waals surface area contributed by atoms with Gasteiger partial charge in [0, 0.05) is 16.7 Å². The largest absolute Gasteiger partial charge is 0.228 e. The molecule has 0 aliphatic heterocycles. The van der Waals surface area contributed by atoms with Crippen molar-refractivity contribution in [2.24, 2.45) is 0 Å². The molecule has 0 unspecified atom stereocenters. The first-order chi connectivity index (χ1) is 32.2. The molecular weight excluding hydrogens is 785 g/mol. The van der Waals surface area contributed by atoms with Crippen molar-refractivity contribution in [2.75, 3.05) is 0 Å². The van der Waals surface area contributed by atoms with Gasteiger partial charge in [0.15, 0.2) is 5.82 Å². The van der Waals surface area contributed by atoms with Crippen LogP contribution in [0.5, 0.6) is 0 Å². The molecular formula is C63H42N2. The second-order valence-corrected chi connectivity index (χ2v) is 16.9. The third-order valence-corrected chi connectivity index (χ3v) is 13.1. The third-order valence-electron chi connectivity index (χ3n) is 13.1. The summed E-state index contributed by atoms with van der Waals surface area (Å²) < 4.78 is 0. The van der Waals surface area contributed by atoms with E-state index in [1.165, 1.54) is 60.8 Å². The summed E-state index contributed by atoms with van der Waals surface area (Å²) in [7, 11) is 0. The molecule has 0 radical (unpaired) electrons. The lowest BCUT2D eigenvalue weighted by molar-refractivity contribution is 0.769. The van der Waals surface area contributed by atoms with Gasteiger partial charge in [0.1, 0.15) is 0 Å². The van der Waals surface area contributed by atoms with Crippen LogP contribution in [0.2, 0.25) is 0 Å². The van der Waals surface area contributed by atoms with E-state index >= 15 is 0 Å². The van der Waals surface area contributed by atoms with E-state index in [-0.39, 0.29) is 0 Å². The maximum Gasteiger partial charge on any atom is 0.160 e. The minimum atomic E-state index is -0.522. The third kappa shape index (κ3) is 6.67. The van der Waals surface area contributed by atoms with Crippen LogP contribution in [0, 0.1) is 0 Å². The van der Waals surface area contributed by atoms with Crippen molar-refractivity contribution in [3.05, 3.63) is 277 Å². The maximum atomic E-state index is 5.17. The topological polar surface area (TPSA) is 25.8 Å². The van der Waals surface area contributed by atoms with E-state index in [4.69, 9.17) is 9.97 Å². The van der Waals surface area contributed by atoms with Crippen LogP contribution in [0.4, 0.5) is 0 Å². The molecule has 0 spiro atoms. The highest BCUT2D eigenvalue weighted by Crippen LogP contribution is 2.58. The molecule has 1 aromatic heterocycles. The Labute approximate surface area is 379 Å². The monoisotopic (exact) mass is 826 g/mol. The van der Waals surface area contributed by atoms with Crippen LogP contribution in [-0.4, -0.2) is 9.97 Å². The summed E-state index contributed by atoms with van der Waals surface area (Å²) in [6.07, 6.45) is 0. The molecule has 0 amide bonds. The first-order valence-electron chi connectivity index (χ1n) is 22.3. The summed E-state index contributed by atoms with van der Waals surface area (Å²) >= 11 is 0. The number of benzene rings is 10. The number of nitrogens with zero attached hydrogens (tertiary/aromatic N) is 2. The van der Waals surface area contributed by atoms with Gasteiger partial charge in [0.05, 0.1) is 16.8 Å². The van der Waals surface area contributed by atoms with E-state index in [0.717, 1.165) is 44.8 Å². The summed E-state index contributed by atoms with van der Waals surface area (Å²) in [4.78, 5) is 10.2. The zero-order valence-corrected chi connectivity index (χ0v) is 35.6. The average molecular weight is 827 g/mol. The van der Waals surface area contributed by atoms with Crippen molar-refractivity contribution in [1.29, 1.82) is 0 Å². The number of hydrogen-bond donors (Lipinski definition) is 0. The zero-order valence-electron chi connectivity index (χ0n) is 35.6. The van der Waals surface area contributed by atoms with Gasteiger partial charge in [-0.3, -0.25) is 0 Å². The van der Waals surface area contributed by atoms with Gasteiger partial charge in [-0.1, -0.05) is 218 Å². The minimum Gasteiger partial charge on any atom is -0.228 e. The van der Waals surface area contributed by atoms with Gasteiger partial charge in [-0.2, -0.15) is 0 Å². The Hall–Kier alpha value is -8.46. The van der Waals surface area contributed by atoms with E-state index in [0.29, 0.717) is 5.82 Å². The smallest absolute Gasteiger partial charge is 0.160 e. The van der Waals surface area contributed by atoms with Crippen LogP contribution in [0.3, 0.4) is 0 Å². The Morgan fingerprint density at radius 2 is 0.738 bits per heavy atom. The molecule has 0 atom stereocenters. The Kier molecular flexibility index (Phi) is 9.43. The van der Waals surface area contributed by atoms with Crippen LogP contribution in [0.25, 0.3) is 89.2 Å². The summed E-state index contributed by atoms with van der Waals surface area (Å²) in [5.41, 5.74) is 18.9. The van der Waals surface area contributed by atoms with E-state index in [1.54, 1.807) is 0 Å². The second kappa shape index (κ2) is 16.0. The maximum absolute atomic E-state index is 5.17. The predicted molar refractivity (Wildman–Crippen MR) is 269 cm³/mol. The van der Waals surface area contributed by atoms with E-state index in [9.17, 15) is 0 Å². The van der Waals surface area contributed by atoms with Gasteiger partial charge in [-0.05, 0) is 114 Å². The molecule has 0 saturated heterocycles. The van der Waals surface area contributed by atoms with Gasteiger partial charge in [0.2, 0.25) is 0 Å². The van der Waals surface area contributed by atoms with Crippen LogP contribution >= 0.6 is 0 Å². The molecule has 65 heavy (non-hydrogen) atoms. The Morgan fingerprint density at radius 1 is 0.246 bits per heavy atom. The Morgan fingerprint density at radius 3 is 1.43 bits per heavy atom. The molecule has 0 fully saturated rings. The SMILES string of the molecule is c1ccc(-c2cc(-c3cccc(-c4cccc(-c5cc6c(cc5-c5ccc7ccccc7c5)-c5ccccc5C6(c5ccccc5)c5ccccc5)c4)c3)nc(-c3ccccc3)n2)cc1. The first-order valence-corrected chi connectivity index (χ1v) is 22.3. The normalized spacial score (nSPS) is 12.4. The van der Waals surface area contributed by atoms with Crippen molar-refractivity contribution < 1.29 is 0 Å². The number of aromatic nitrogens is 2. The van der Waals surface area contributed by atoms with Gasteiger partial charge >= 0.3 is 0 Å². The van der Waals surface area contributed by atoms with Crippen molar-refractivity contribution in [3.63, 3.8) is 0 Å². The molecule has 2 heteroatoms. The van der Waals surface area contributed by atoms with Crippen LogP contribution < -0.4 is 0 Å². The fraction of sp³-hybridized carbons (Fsp3) is 0.0159. The van der Waals surface area contributed by atoms with E-state index in [2.05, 4.69) is 231 Å². The molecule has 0 bridgehead atoms. The fourth-order valence-corrected chi connectivity index (χ4v) is 10.1. The van der Waals surface area contributed by atoms with E-state index in [1.807, 2.05) is 24.3 Å². The summed E-state index contributed by atoms with van der Waals surface area (Å²) in [6, 6.07) is 92.3. The molecule has 0 N–H and O–H groups in total. The molecule has 12 rings (SSSR count). The van der Waals surface area contributed by atoms with E-state index < -0.39 is 5.41 Å². The second-order valence-electron chi connectivity index (χ2n) is 16.9. The van der Waals surface area contributed by atoms with Gasteiger partial charge < -0.3 is 0 Å². The average Bonchev–Trinajstić information content (AvgIpc) is 3.69. The molecule has 1 aliphatic carbocycles. The molecule has 11 aromatic rings. The summed E-state index contributed by atoms with van der Waals surface area (Å²) in [5, 5.41) is 2.45. The molecule has 1 heterocycles. The number of hydrogen-bond acceptors (Lipinski definition) is 2. The van der Waals surface area contributed by atoms with Crippen LogP contribution in [-0.2, 0) is 5.41 Å². The van der Waals surface area contributed by atoms with Crippen LogP contribution in [0.1, 0.15) is 22.3 Å². The Balaban J connectivity index is 1.06. The lowest BCUT2D eigenvalue weighted by Gasteiger charge is -2.34. The van der Waals surface area contributed by atoms with Crippen molar-refractivity contribution in [2.45, 2.75) is 5.41 Å². The van der Waals surface area contributed by atoms with Crippen LogP contribution in [0.15, 0.2) is 255 Å². The predicted octanol–water partition coefficient (Wildman–Crippen LogP) is 16.0. The quantitative estimate of drug-likeness (QED) is 0.152. The standard InChI is InChI=1S/C63H42N2/c1-5-20-44(21-6-1)60-42-61(65-62(64-60)45-22-7-2-8-23-45)51-28-18-26-48(39-51)47-25-17-27-49(38-47)56-41-59-57(40-55(56)50-36-35-43-19-13-14-24-46(43)37-50)54-33-15-16-34-58(54)63(59,52-29-9-3-10-30-52)53-31-11-4-12-32-53/h1-42H. The highest BCUT2D eigenvalue weighted by Gasteiger charge is 2.46. The molecule has 2 nitrogen and oxygen atoms in total. The summed E-state index contributed by atoms with van der Waals surface area (Å²) in [5.74, 6) is 0.705. The number of rotatable bonds is 8. The fourth-order valence-electron chi connectivity index (χ4n) is 10.1. The highest BCUT2D eigenvalue weighted by molar-refractivity contribution is 5.97. The lowest BCUT2D eigenvalue weighted by atomic mass is 9.67. The molecule has 1 aliphatic rings. The summed E-state index contributed by atoms with van der Waals surface area (Å²) in [6.45, 7) is 0. The minimum absolute atomic E-state index is 0.522. The lowest BCUT2D eigenvalue weighted by Crippen LogP contribution is -2.28. The molecule has 304 valence electrons. The molecule has 0 saturated carbocycles. The zero-order chi connectivity index (χ0) is 43.2. The van der Waals surface area contributed by atoms with Gasteiger partial charge in [-0.15, -0.1) is 0 Å². The Bertz CT molecular complexity index is 3430. The van der Waals surface area contributed by atoms with Crippen molar-refractivity contribution in [3.8, 4) is 78.4 Å². The highest BCUT2D eigenvalue weighted by atomic mass is 14.9. The number of fused-ring (bicyclic) bond motifs is 4.